The van der Waals surface area contributed by atoms with Gasteiger partial charge in [-0.25, -0.2) is 0 Å². The number of carbonyl (C=O) groups excluding carboxylic acids is 1. The summed E-state index contributed by atoms with van der Waals surface area (Å²) in [5.41, 5.74) is 0.505. The quantitative estimate of drug-likeness (QED) is 0.748. The molecule has 1 N–H and O–H groups in total. The number of nitrogens with zero attached hydrogens (tertiary/aromatic N) is 1. The Bertz CT molecular complexity index is 800. The molecule has 3 rings (SSSR count). The third kappa shape index (κ3) is 4.34. The molecule has 3 nitrogen and oxygen atoms in total. The van der Waals surface area contributed by atoms with Crippen LogP contribution in [0.4, 0.5) is 13.2 Å². The van der Waals surface area contributed by atoms with Crippen molar-refractivity contribution in [3.05, 3.63) is 35.0 Å². The van der Waals surface area contributed by atoms with Crippen LogP contribution in [0, 0.1) is 11.8 Å². The number of carbonyl (C=O) groups is 1. The molecular formula is C19H22ClF3N2O. The van der Waals surface area contributed by atoms with Gasteiger partial charge in [-0.3, -0.25) is 4.79 Å². The molecule has 1 aliphatic rings. The zero-order valence-electron chi connectivity index (χ0n) is 14.6. The zero-order chi connectivity index (χ0) is 18.9. The van der Waals surface area contributed by atoms with Gasteiger partial charge in [-0.2, -0.15) is 13.2 Å². The molecule has 2 unspecified atom stereocenters. The van der Waals surface area contributed by atoms with Crippen molar-refractivity contribution in [1.82, 2.24) is 9.88 Å². The maximum atomic E-state index is 12.9. The summed E-state index contributed by atoms with van der Waals surface area (Å²) in [7, 11) is 0. The molecule has 1 aliphatic carbocycles. The highest BCUT2D eigenvalue weighted by Crippen LogP contribution is 2.32. The van der Waals surface area contributed by atoms with E-state index in [2.05, 4.69) is 12.2 Å². The summed E-state index contributed by atoms with van der Waals surface area (Å²) >= 11 is 6.18. The second-order valence-corrected chi connectivity index (χ2v) is 7.67. The Labute approximate surface area is 155 Å². The van der Waals surface area contributed by atoms with E-state index in [9.17, 15) is 18.0 Å². The van der Waals surface area contributed by atoms with Crippen LogP contribution in [0.15, 0.2) is 24.4 Å². The number of alkyl halides is 3. The summed E-state index contributed by atoms with van der Waals surface area (Å²) in [5.74, 6) is 0.692. The highest BCUT2D eigenvalue weighted by atomic mass is 35.5. The molecule has 7 heteroatoms. The lowest BCUT2D eigenvalue weighted by molar-refractivity contribution is -0.139. The van der Waals surface area contributed by atoms with Gasteiger partial charge < -0.3 is 9.88 Å². The first-order valence-corrected chi connectivity index (χ1v) is 9.24. The molecule has 1 fully saturated rings. The van der Waals surface area contributed by atoms with Gasteiger partial charge >= 0.3 is 6.18 Å². The van der Waals surface area contributed by atoms with Crippen molar-refractivity contribution < 1.29 is 18.0 Å². The van der Waals surface area contributed by atoms with E-state index in [4.69, 9.17) is 11.6 Å². The highest BCUT2D eigenvalue weighted by Gasteiger charge is 2.30. The number of rotatable bonds is 4. The van der Waals surface area contributed by atoms with Gasteiger partial charge in [0.1, 0.15) is 6.54 Å². The summed E-state index contributed by atoms with van der Waals surface area (Å²) in [6, 6.07) is 4.72. The number of hydrogen-bond donors (Lipinski definition) is 1. The third-order valence-electron chi connectivity index (χ3n) is 5.05. The SMILES string of the molecule is CC1CCCC(CNC(=O)c2cn(CC(F)(F)F)c3cccc(Cl)c23)C1. The maximum Gasteiger partial charge on any atom is 0.406 e. The van der Waals surface area contributed by atoms with Gasteiger partial charge in [-0.15, -0.1) is 0 Å². The minimum atomic E-state index is -4.37. The second-order valence-electron chi connectivity index (χ2n) is 7.27. The van der Waals surface area contributed by atoms with Gasteiger partial charge in [0.15, 0.2) is 0 Å². The van der Waals surface area contributed by atoms with Gasteiger partial charge in [-0.1, -0.05) is 37.4 Å². The lowest BCUT2D eigenvalue weighted by atomic mass is 9.82. The fraction of sp³-hybridized carbons (Fsp3) is 0.526. The monoisotopic (exact) mass is 386 g/mol. The molecule has 0 bridgehead atoms. The lowest BCUT2D eigenvalue weighted by Crippen LogP contribution is -2.31. The van der Waals surface area contributed by atoms with E-state index in [-0.39, 0.29) is 16.5 Å². The van der Waals surface area contributed by atoms with Gasteiger partial charge in [0.05, 0.1) is 16.1 Å². The number of fused-ring (bicyclic) bond motifs is 1. The Balaban J connectivity index is 1.83. The fourth-order valence-electron chi connectivity index (χ4n) is 3.88. The molecule has 142 valence electrons. The van der Waals surface area contributed by atoms with Crippen molar-refractivity contribution in [2.75, 3.05) is 6.54 Å². The molecule has 0 spiro atoms. The van der Waals surface area contributed by atoms with Crippen LogP contribution in [0.2, 0.25) is 5.02 Å². The first-order valence-electron chi connectivity index (χ1n) is 8.87. The van der Waals surface area contributed by atoms with Crippen LogP contribution in [-0.4, -0.2) is 23.2 Å². The third-order valence-corrected chi connectivity index (χ3v) is 5.36. The summed E-state index contributed by atoms with van der Waals surface area (Å²) in [6.45, 7) is 1.59. The number of benzene rings is 1. The van der Waals surface area contributed by atoms with E-state index in [1.807, 2.05) is 0 Å². The van der Waals surface area contributed by atoms with E-state index in [1.54, 1.807) is 18.2 Å². The number of halogens is 4. The van der Waals surface area contributed by atoms with Crippen molar-refractivity contribution in [3.63, 3.8) is 0 Å². The van der Waals surface area contributed by atoms with Crippen molar-refractivity contribution in [1.29, 1.82) is 0 Å². The molecule has 26 heavy (non-hydrogen) atoms. The van der Waals surface area contributed by atoms with Crippen LogP contribution in [-0.2, 0) is 6.54 Å². The molecule has 2 aromatic rings. The first-order chi connectivity index (χ1) is 12.2. The summed E-state index contributed by atoms with van der Waals surface area (Å²) < 4.78 is 39.6. The van der Waals surface area contributed by atoms with Crippen LogP contribution in [0.25, 0.3) is 10.9 Å². The minimum Gasteiger partial charge on any atom is -0.352 e. The highest BCUT2D eigenvalue weighted by molar-refractivity contribution is 6.36. The average molecular weight is 387 g/mol. The molecule has 1 heterocycles. The molecule has 1 amide bonds. The minimum absolute atomic E-state index is 0.193. The summed E-state index contributed by atoms with van der Waals surface area (Å²) in [5, 5.41) is 3.54. The fourth-order valence-corrected chi connectivity index (χ4v) is 4.15. The van der Waals surface area contributed by atoms with Gasteiger partial charge in [0.25, 0.3) is 5.91 Å². The van der Waals surface area contributed by atoms with Crippen LogP contribution in [0.5, 0.6) is 0 Å². The predicted molar refractivity (Wildman–Crippen MR) is 96.5 cm³/mol. The van der Waals surface area contributed by atoms with Crippen LogP contribution in [0.1, 0.15) is 43.0 Å². The molecule has 0 radical (unpaired) electrons. The summed E-state index contributed by atoms with van der Waals surface area (Å²) in [4.78, 5) is 12.6. The summed E-state index contributed by atoms with van der Waals surface area (Å²) in [6.07, 6.45) is 1.38. The largest absolute Gasteiger partial charge is 0.406 e. The smallest absolute Gasteiger partial charge is 0.352 e. The average Bonchev–Trinajstić information content (AvgIpc) is 2.91. The van der Waals surface area contributed by atoms with E-state index in [0.29, 0.717) is 29.3 Å². The maximum absolute atomic E-state index is 12.9. The van der Waals surface area contributed by atoms with E-state index < -0.39 is 12.7 Å². The van der Waals surface area contributed by atoms with Crippen LogP contribution < -0.4 is 5.32 Å². The normalized spacial score (nSPS) is 21.1. The second kappa shape index (κ2) is 7.51. The molecule has 1 aromatic heterocycles. The Morgan fingerprint density at radius 2 is 2.12 bits per heavy atom. The predicted octanol–water partition coefficient (Wildman–Crippen LogP) is 5.41. The Hall–Kier alpha value is -1.69. The van der Waals surface area contributed by atoms with Crippen LogP contribution in [0.3, 0.4) is 0 Å². The van der Waals surface area contributed by atoms with Crippen molar-refractivity contribution in [2.45, 2.75) is 45.3 Å². The Kier molecular flexibility index (Phi) is 5.51. The van der Waals surface area contributed by atoms with Gasteiger partial charge in [0, 0.05) is 18.1 Å². The Morgan fingerprint density at radius 3 is 2.81 bits per heavy atom. The first kappa shape index (κ1) is 19.1. The molecule has 1 saturated carbocycles. The van der Waals surface area contributed by atoms with Crippen molar-refractivity contribution in [2.24, 2.45) is 11.8 Å². The lowest BCUT2D eigenvalue weighted by Gasteiger charge is -2.26. The van der Waals surface area contributed by atoms with Crippen molar-refractivity contribution in [3.8, 4) is 0 Å². The van der Waals surface area contributed by atoms with Gasteiger partial charge in [-0.05, 0) is 36.8 Å². The molecule has 0 saturated heterocycles. The molecular weight excluding hydrogens is 365 g/mol. The van der Waals surface area contributed by atoms with Crippen LogP contribution >= 0.6 is 11.6 Å². The Morgan fingerprint density at radius 1 is 1.35 bits per heavy atom. The molecule has 0 aliphatic heterocycles. The molecule has 2 atom stereocenters. The number of amides is 1. The van der Waals surface area contributed by atoms with E-state index in [1.165, 1.54) is 12.6 Å². The van der Waals surface area contributed by atoms with E-state index in [0.717, 1.165) is 23.8 Å². The van der Waals surface area contributed by atoms with E-state index >= 15 is 0 Å². The number of hydrogen-bond acceptors (Lipinski definition) is 1. The standard InChI is InChI=1S/C19H22ClF3N2O/c1-12-4-2-5-13(8-12)9-24-18(26)14-10-25(11-19(21,22)23)16-7-3-6-15(20)17(14)16/h3,6-7,10,12-13H,2,4-5,8-9,11H2,1H3,(H,24,26). The molecule has 1 aromatic carbocycles. The number of aromatic nitrogens is 1. The topological polar surface area (TPSA) is 34.0 Å². The number of nitrogens with one attached hydrogen (secondary N) is 1. The zero-order valence-corrected chi connectivity index (χ0v) is 15.3. The van der Waals surface area contributed by atoms with Gasteiger partial charge in [0.2, 0.25) is 0 Å². The van der Waals surface area contributed by atoms with Crippen molar-refractivity contribution >= 4 is 28.4 Å².